The Morgan fingerprint density at radius 1 is 1.12 bits per heavy atom. The lowest BCUT2D eigenvalue weighted by Crippen LogP contribution is -2.50. The first-order valence-electron chi connectivity index (χ1n) is 14.5. The van der Waals surface area contributed by atoms with Crippen LogP contribution in [0.15, 0.2) is 85.7 Å². The molecule has 1 saturated heterocycles. The lowest BCUT2D eigenvalue weighted by molar-refractivity contribution is -0.129. The molecule has 0 spiro atoms. The Balaban J connectivity index is 1.25. The molecule has 0 saturated carbocycles. The summed E-state index contributed by atoms with van der Waals surface area (Å²) in [7, 11) is 0. The van der Waals surface area contributed by atoms with Gasteiger partial charge < -0.3 is 10.2 Å². The Morgan fingerprint density at radius 2 is 1.98 bits per heavy atom. The van der Waals surface area contributed by atoms with Gasteiger partial charge in [-0.15, -0.1) is 0 Å². The third-order valence-electron chi connectivity index (χ3n) is 8.59. The van der Waals surface area contributed by atoms with Gasteiger partial charge in [-0.25, -0.2) is 23.4 Å². The minimum atomic E-state index is -1.09. The first-order chi connectivity index (χ1) is 20.9. The van der Waals surface area contributed by atoms with Crippen LogP contribution >= 0.6 is 0 Å². The number of aromatic nitrogens is 5. The number of halogens is 2. The van der Waals surface area contributed by atoms with Crippen molar-refractivity contribution in [3.8, 4) is 22.9 Å². The molecular formula is C33H31F2N7O. The largest absolute Gasteiger partial charge is 0.336 e. The van der Waals surface area contributed by atoms with Crippen LogP contribution in [0, 0.1) is 5.82 Å². The van der Waals surface area contributed by atoms with E-state index >= 15 is 8.78 Å². The van der Waals surface area contributed by atoms with Crippen molar-refractivity contribution in [3.63, 3.8) is 0 Å². The molecule has 10 heteroatoms. The van der Waals surface area contributed by atoms with Crippen LogP contribution in [-0.2, 0) is 11.2 Å². The van der Waals surface area contributed by atoms with Crippen LogP contribution in [0.5, 0.6) is 0 Å². The van der Waals surface area contributed by atoms with E-state index in [9.17, 15) is 4.79 Å². The maximum absolute atomic E-state index is 15.6. The van der Waals surface area contributed by atoms with Gasteiger partial charge in [-0.2, -0.15) is 5.10 Å². The van der Waals surface area contributed by atoms with Crippen molar-refractivity contribution < 1.29 is 13.6 Å². The number of alkyl halides is 1. The fourth-order valence-electron chi connectivity index (χ4n) is 6.50. The average molecular weight is 580 g/mol. The molecule has 8 nitrogen and oxygen atoms in total. The molecule has 7 rings (SSSR count). The van der Waals surface area contributed by atoms with E-state index in [0.717, 1.165) is 29.7 Å². The Kier molecular flexibility index (Phi) is 6.85. The number of piperidine rings is 1. The lowest BCUT2D eigenvalue weighted by atomic mass is 9.96. The first-order valence-corrected chi connectivity index (χ1v) is 14.5. The Morgan fingerprint density at radius 3 is 2.74 bits per heavy atom. The van der Waals surface area contributed by atoms with Crippen LogP contribution in [0.2, 0.25) is 0 Å². The van der Waals surface area contributed by atoms with Crippen LogP contribution in [0.4, 0.5) is 8.78 Å². The standard InChI is InChI=1S/C33H31F2N7O/c1-3-30(43)40-16-13-22(17-20(40)2)37-31-24-10-9-23(18-21(24)19-27(31)35)42-32(25-7-4-5-8-26(25)34)38-28-11-12-29(39-33(28)42)41-15-6-14-36-41/h3-12,14-15,18,20,22,27,31,37H,1,13,16-17,19H2,2H3/t20-,22?,27?,31-/m1/s1. The van der Waals surface area contributed by atoms with Gasteiger partial charge in [0.05, 0.1) is 11.6 Å². The fourth-order valence-corrected chi connectivity index (χ4v) is 6.50. The molecule has 4 atom stereocenters. The van der Waals surface area contributed by atoms with Crippen LogP contribution in [0.1, 0.15) is 36.9 Å². The van der Waals surface area contributed by atoms with Gasteiger partial charge >= 0.3 is 0 Å². The summed E-state index contributed by atoms with van der Waals surface area (Å²) >= 11 is 0. The summed E-state index contributed by atoms with van der Waals surface area (Å²) in [5.74, 6) is 0.553. The summed E-state index contributed by atoms with van der Waals surface area (Å²) in [5, 5.41) is 7.85. The second kappa shape index (κ2) is 10.9. The number of nitrogens with one attached hydrogen (secondary N) is 1. The topological polar surface area (TPSA) is 80.9 Å². The number of benzene rings is 2. The SMILES string of the molecule is C=CC(=O)N1CCC(N[C@@H]2c3ccc(-n4c(-c5ccccc5F)nc5ccc(-n6cccn6)nc54)cc3CC2F)C[C@H]1C. The van der Waals surface area contributed by atoms with Crippen molar-refractivity contribution in [1.29, 1.82) is 0 Å². The molecule has 1 aliphatic heterocycles. The highest BCUT2D eigenvalue weighted by atomic mass is 19.1. The summed E-state index contributed by atoms with van der Waals surface area (Å²) in [4.78, 5) is 23.6. The van der Waals surface area contributed by atoms with Crippen LogP contribution in [-0.4, -0.2) is 59.9 Å². The maximum atomic E-state index is 15.6. The van der Waals surface area contributed by atoms with Crippen molar-refractivity contribution in [1.82, 2.24) is 34.5 Å². The molecule has 2 unspecified atom stereocenters. The molecule has 5 aromatic rings. The zero-order chi connectivity index (χ0) is 29.7. The molecule has 1 N–H and O–H groups in total. The van der Waals surface area contributed by atoms with E-state index in [1.165, 1.54) is 12.1 Å². The Hall–Kier alpha value is -4.70. The van der Waals surface area contributed by atoms with E-state index in [-0.39, 0.29) is 24.4 Å². The minimum absolute atomic E-state index is 0.0449. The van der Waals surface area contributed by atoms with Crippen molar-refractivity contribution >= 4 is 17.1 Å². The molecular weight excluding hydrogens is 548 g/mol. The van der Waals surface area contributed by atoms with E-state index < -0.39 is 18.0 Å². The Labute approximate surface area is 247 Å². The van der Waals surface area contributed by atoms with E-state index in [0.29, 0.717) is 34.9 Å². The molecule has 2 aromatic carbocycles. The van der Waals surface area contributed by atoms with Gasteiger partial charge in [0.15, 0.2) is 11.5 Å². The summed E-state index contributed by atoms with van der Waals surface area (Å²) in [6.45, 7) is 6.23. The Bertz CT molecular complexity index is 1830. The maximum Gasteiger partial charge on any atom is 0.246 e. The monoisotopic (exact) mass is 579 g/mol. The van der Waals surface area contributed by atoms with E-state index in [2.05, 4.69) is 17.0 Å². The van der Waals surface area contributed by atoms with Crippen molar-refractivity contribution in [2.45, 2.75) is 50.5 Å². The smallest absolute Gasteiger partial charge is 0.246 e. The summed E-state index contributed by atoms with van der Waals surface area (Å²) in [5.41, 5.74) is 4.02. The summed E-state index contributed by atoms with van der Waals surface area (Å²) in [6, 6.07) is 17.5. The molecule has 0 radical (unpaired) electrons. The highest BCUT2D eigenvalue weighted by Gasteiger charge is 2.36. The lowest BCUT2D eigenvalue weighted by Gasteiger charge is -2.38. The molecule has 4 heterocycles. The predicted octanol–water partition coefficient (Wildman–Crippen LogP) is 5.50. The molecule has 1 amide bonds. The normalized spacial score (nSPS) is 21.7. The number of carbonyl (C=O) groups excluding carboxylic acids is 1. The molecule has 1 aliphatic carbocycles. The van der Waals surface area contributed by atoms with E-state index in [4.69, 9.17) is 9.97 Å². The van der Waals surface area contributed by atoms with E-state index in [1.54, 1.807) is 35.3 Å². The molecule has 0 bridgehead atoms. The quantitative estimate of drug-likeness (QED) is 0.269. The number of fused-ring (bicyclic) bond motifs is 2. The predicted molar refractivity (Wildman–Crippen MR) is 160 cm³/mol. The second-order valence-corrected chi connectivity index (χ2v) is 11.3. The number of nitrogens with zero attached hydrogens (tertiary/aromatic N) is 6. The molecule has 2 aliphatic rings. The first kappa shape index (κ1) is 27.2. The minimum Gasteiger partial charge on any atom is -0.336 e. The summed E-state index contributed by atoms with van der Waals surface area (Å²) < 4.78 is 34.2. The number of likely N-dealkylation sites (tertiary alicyclic amines) is 1. The molecule has 3 aromatic heterocycles. The van der Waals surface area contributed by atoms with E-state index in [1.807, 2.05) is 52.8 Å². The van der Waals surface area contributed by atoms with Gasteiger partial charge in [-0.1, -0.05) is 24.8 Å². The third kappa shape index (κ3) is 4.81. The van der Waals surface area contributed by atoms with Crippen LogP contribution in [0.25, 0.3) is 34.1 Å². The number of pyridine rings is 1. The molecule has 43 heavy (non-hydrogen) atoms. The number of hydrogen-bond donors (Lipinski definition) is 1. The second-order valence-electron chi connectivity index (χ2n) is 11.3. The summed E-state index contributed by atoms with van der Waals surface area (Å²) in [6.07, 6.45) is 5.49. The number of rotatable bonds is 6. The third-order valence-corrected chi connectivity index (χ3v) is 8.59. The van der Waals surface area contributed by atoms with Gasteiger partial charge in [-0.3, -0.25) is 9.36 Å². The van der Waals surface area contributed by atoms with Crippen molar-refractivity contribution in [2.24, 2.45) is 0 Å². The van der Waals surface area contributed by atoms with Gasteiger partial charge in [0, 0.05) is 43.1 Å². The van der Waals surface area contributed by atoms with Crippen molar-refractivity contribution in [2.75, 3.05) is 6.54 Å². The number of imidazole rings is 1. The average Bonchev–Trinajstić information content (AvgIpc) is 3.74. The van der Waals surface area contributed by atoms with Gasteiger partial charge in [0.1, 0.15) is 23.3 Å². The number of hydrogen-bond acceptors (Lipinski definition) is 5. The van der Waals surface area contributed by atoms with Gasteiger partial charge in [0.2, 0.25) is 5.91 Å². The highest BCUT2D eigenvalue weighted by molar-refractivity contribution is 5.87. The number of amides is 1. The zero-order valence-corrected chi connectivity index (χ0v) is 23.7. The van der Waals surface area contributed by atoms with Crippen LogP contribution in [0.3, 0.4) is 0 Å². The molecule has 1 fully saturated rings. The number of carbonyl (C=O) groups is 1. The zero-order valence-electron chi connectivity index (χ0n) is 23.7. The van der Waals surface area contributed by atoms with Crippen molar-refractivity contribution in [3.05, 3.63) is 103 Å². The molecule has 218 valence electrons. The fraction of sp³-hybridized carbons (Fsp3) is 0.273. The van der Waals surface area contributed by atoms with Crippen LogP contribution < -0.4 is 5.32 Å². The highest BCUT2D eigenvalue weighted by Crippen LogP contribution is 2.38. The van der Waals surface area contributed by atoms with Gasteiger partial charge in [0.25, 0.3) is 0 Å². The van der Waals surface area contributed by atoms with Gasteiger partial charge in [-0.05, 0) is 79.4 Å².